The van der Waals surface area contributed by atoms with Gasteiger partial charge in [-0.25, -0.2) is 13.1 Å². The Bertz CT molecular complexity index is 745. The number of benzene rings is 1. The smallest absolute Gasteiger partial charge is 0.245 e. The molecule has 0 atom stereocenters. The molecule has 0 aliphatic heterocycles. The van der Waals surface area contributed by atoms with Crippen molar-refractivity contribution in [3.63, 3.8) is 0 Å². The van der Waals surface area contributed by atoms with Crippen LogP contribution in [0, 0.1) is 13.8 Å². The summed E-state index contributed by atoms with van der Waals surface area (Å²) in [6, 6.07) is 7.38. The fraction of sp³-hybridized carbons (Fsp3) is 0.400. The van der Waals surface area contributed by atoms with E-state index in [-0.39, 0.29) is 22.6 Å². The van der Waals surface area contributed by atoms with E-state index in [1.165, 1.54) is 0 Å². The molecule has 22 heavy (non-hydrogen) atoms. The fourth-order valence-corrected chi connectivity index (χ4v) is 3.87. The first-order valence-corrected chi connectivity index (χ1v) is 8.68. The van der Waals surface area contributed by atoms with Crippen LogP contribution in [0.25, 0.3) is 0 Å². The average molecular weight is 343 g/mol. The minimum Gasteiger partial charge on any atom is -0.360 e. The summed E-state index contributed by atoms with van der Waals surface area (Å²) in [7, 11) is -3.66. The van der Waals surface area contributed by atoms with Crippen LogP contribution in [0.5, 0.6) is 0 Å². The third-order valence-electron chi connectivity index (χ3n) is 3.57. The summed E-state index contributed by atoms with van der Waals surface area (Å²) in [6.07, 6.45) is 0. The Morgan fingerprint density at radius 1 is 1.23 bits per heavy atom. The number of aryl methyl sites for hydroxylation is 2. The van der Waals surface area contributed by atoms with Gasteiger partial charge >= 0.3 is 0 Å². The molecular formula is C15H19ClN2O3S. The van der Waals surface area contributed by atoms with E-state index in [0.29, 0.717) is 10.7 Å². The predicted octanol–water partition coefficient (Wildman–Crippen LogP) is 3.20. The molecule has 0 aliphatic rings. The summed E-state index contributed by atoms with van der Waals surface area (Å²) in [4.78, 5) is 0.111. The van der Waals surface area contributed by atoms with Crippen LogP contribution in [0.15, 0.2) is 33.7 Å². The molecule has 0 unspecified atom stereocenters. The van der Waals surface area contributed by atoms with Gasteiger partial charge in [-0.15, -0.1) is 0 Å². The normalized spacial score (nSPS) is 12.6. The molecule has 0 amide bonds. The number of sulfonamides is 1. The third kappa shape index (κ3) is 3.51. The van der Waals surface area contributed by atoms with Gasteiger partial charge in [0.05, 0.1) is 0 Å². The molecule has 1 aromatic carbocycles. The van der Waals surface area contributed by atoms with Gasteiger partial charge in [-0.05, 0) is 31.5 Å². The maximum absolute atomic E-state index is 12.4. The van der Waals surface area contributed by atoms with Gasteiger partial charge in [0.15, 0.2) is 5.76 Å². The van der Waals surface area contributed by atoms with E-state index < -0.39 is 10.0 Å². The molecule has 1 heterocycles. The zero-order chi connectivity index (χ0) is 16.5. The Kier molecular flexibility index (Phi) is 4.65. The van der Waals surface area contributed by atoms with Crippen molar-refractivity contribution in [2.24, 2.45) is 0 Å². The first-order valence-electron chi connectivity index (χ1n) is 6.82. The maximum atomic E-state index is 12.4. The van der Waals surface area contributed by atoms with E-state index in [1.54, 1.807) is 26.0 Å². The van der Waals surface area contributed by atoms with Crippen LogP contribution in [0.2, 0.25) is 5.02 Å². The standard InChI is InChI=1S/C15H19ClN2O3S/c1-10-14(11(2)21-18-10)22(19,20)17-9-15(3,4)12-5-7-13(16)8-6-12/h5-8,17H,9H2,1-4H3. The van der Waals surface area contributed by atoms with Gasteiger partial charge in [-0.1, -0.05) is 42.7 Å². The number of rotatable bonds is 5. The molecular weight excluding hydrogens is 324 g/mol. The third-order valence-corrected chi connectivity index (χ3v) is 5.46. The molecule has 0 fully saturated rings. The van der Waals surface area contributed by atoms with E-state index in [9.17, 15) is 8.42 Å². The molecule has 1 aromatic heterocycles. The molecule has 0 saturated heterocycles. The lowest BCUT2D eigenvalue weighted by molar-refractivity contribution is 0.390. The molecule has 2 aromatic rings. The van der Waals surface area contributed by atoms with Crippen molar-refractivity contribution in [2.45, 2.75) is 38.0 Å². The van der Waals surface area contributed by atoms with E-state index in [1.807, 2.05) is 26.0 Å². The molecule has 0 spiro atoms. The van der Waals surface area contributed by atoms with Crippen LogP contribution in [0.4, 0.5) is 0 Å². The summed E-state index contributed by atoms with van der Waals surface area (Å²) >= 11 is 5.88. The van der Waals surface area contributed by atoms with Crippen LogP contribution >= 0.6 is 11.6 Å². The SMILES string of the molecule is Cc1noc(C)c1S(=O)(=O)NCC(C)(C)c1ccc(Cl)cc1. The van der Waals surface area contributed by atoms with E-state index in [0.717, 1.165) is 5.56 Å². The highest BCUT2D eigenvalue weighted by atomic mass is 35.5. The predicted molar refractivity (Wildman–Crippen MR) is 85.6 cm³/mol. The van der Waals surface area contributed by atoms with Crippen LogP contribution in [-0.2, 0) is 15.4 Å². The Balaban J connectivity index is 2.19. The maximum Gasteiger partial charge on any atom is 0.245 e. The van der Waals surface area contributed by atoms with E-state index in [4.69, 9.17) is 16.1 Å². The number of nitrogens with zero attached hydrogens (tertiary/aromatic N) is 1. The highest BCUT2D eigenvalue weighted by molar-refractivity contribution is 7.89. The van der Waals surface area contributed by atoms with Crippen LogP contribution in [-0.4, -0.2) is 20.1 Å². The largest absolute Gasteiger partial charge is 0.360 e. The van der Waals surface area contributed by atoms with Gasteiger partial charge < -0.3 is 4.52 Å². The van der Waals surface area contributed by atoms with E-state index in [2.05, 4.69) is 9.88 Å². The van der Waals surface area contributed by atoms with Crippen molar-refractivity contribution in [3.05, 3.63) is 46.3 Å². The minimum absolute atomic E-state index is 0.111. The van der Waals surface area contributed by atoms with Crippen molar-refractivity contribution < 1.29 is 12.9 Å². The zero-order valence-corrected chi connectivity index (χ0v) is 14.5. The molecule has 2 rings (SSSR count). The topological polar surface area (TPSA) is 72.2 Å². The Hall–Kier alpha value is -1.37. The summed E-state index contributed by atoms with van der Waals surface area (Å²) in [5.41, 5.74) is 0.976. The van der Waals surface area contributed by atoms with Crippen molar-refractivity contribution in [3.8, 4) is 0 Å². The first kappa shape index (κ1) is 17.0. The van der Waals surface area contributed by atoms with Crippen LogP contribution in [0.3, 0.4) is 0 Å². The summed E-state index contributed by atoms with van der Waals surface area (Å²) < 4.78 is 32.4. The van der Waals surface area contributed by atoms with E-state index >= 15 is 0 Å². The molecule has 0 aliphatic carbocycles. The summed E-state index contributed by atoms with van der Waals surface area (Å²) in [6.45, 7) is 7.37. The number of hydrogen-bond donors (Lipinski definition) is 1. The highest BCUT2D eigenvalue weighted by Gasteiger charge is 2.28. The van der Waals surface area contributed by atoms with Gasteiger partial charge in [-0.3, -0.25) is 0 Å². The van der Waals surface area contributed by atoms with Gasteiger partial charge in [0.1, 0.15) is 10.6 Å². The second-order valence-electron chi connectivity index (χ2n) is 5.87. The number of aromatic nitrogens is 1. The van der Waals surface area contributed by atoms with Crippen LogP contribution < -0.4 is 4.72 Å². The molecule has 1 N–H and O–H groups in total. The lowest BCUT2D eigenvalue weighted by Crippen LogP contribution is -2.37. The summed E-state index contributed by atoms with van der Waals surface area (Å²) in [5.74, 6) is 0.286. The van der Waals surface area contributed by atoms with Crippen molar-refractivity contribution in [1.29, 1.82) is 0 Å². The van der Waals surface area contributed by atoms with Crippen LogP contribution in [0.1, 0.15) is 30.9 Å². The van der Waals surface area contributed by atoms with Crippen molar-refractivity contribution in [2.75, 3.05) is 6.54 Å². The second-order valence-corrected chi connectivity index (χ2v) is 8.01. The lowest BCUT2D eigenvalue weighted by Gasteiger charge is -2.25. The van der Waals surface area contributed by atoms with Crippen molar-refractivity contribution in [1.82, 2.24) is 9.88 Å². The van der Waals surface area contributed by atoms with Gasteiger partial charge in [0.2, 0.25) is 10.0 Å². The molecule has 0 radical (unpaired) electrons. The second kappa shape index (κ2) is 6.02. The number of hydrogen-bond acceptors (Lipinski definition) is 4. The quantitative estimate of drug-likeness (QED) is 0.905. The summed E-state index contributed by atoms with van der Waals surface area (Å²) in [5, 5.41) is 4.33. The lowest BCUT2D eigenvalue weighted by atomic mass is 9.85. The Morgan fingerprint density at radius 2 is 1.82 bits per heavy atom. The molecule has 120 valence electrons. The molecule has 0 saturated carbocycles. The highest BCUT2D eigenvalue weighted by Crippen LogP contribution is 2.25. The monoisotopic (exact) mass is 342 g/mol. The number of nitrogens with one attached hydrogen (secondary N) is 1. The molecule has 7 heteroatoms. The average Bonchev–Trinajstić information content (AvgIpc) is 2.77. The fourth-order valence-electron chi connectivity index (χ4n) is 2.21. The molecule has 5 nitrogen and oxygen atoms in total. The minimum atomic E-state index is -3.66. The first-order chi connectivity index (χ1) is 10.1. The molecule has 0 bridgehead atoms. The van der Waals surface area contributed by atoms with Gasteiger partial charge in [0, 0.05) is 17.0 Å². The van der Waals surface area contributed by atoms with Gasteiger partial charge in [-0.2, -0.15) is 0 Å². The van der Waals surface area contributed by atoms with Gasteiger partial charge in [0.25, 0.3) is 0 Å². The Labute approximate surface area is 135 Å². The van der Waals surface area contributed by atoms with Crippen molar-refractivity contribution >= 4 is 21.6 Å². The zero-order valence-electron chi connectivity index (χ0n) is 13.0. The Morgan fingerprint density at radius 3 is 2.32 bits per heavy atom. The number of halogens is 1.